The van der Waals surface area contributed by atoms with Crippen molar-refractivity contribution in [1.29, 1.82) is 0 Å². The fourth-order valence-corrected chi connectivity index (χ4v) is 5.55. The molecule has 0 aliphatic carbocycles. The van der Waals surface area contributed by atoms with Crippen LogP contribution >= 0.6 is 0 Å². The van der Waals surface area contributed by atoms with E-state index in [0.29, 0.717) is 16.8 Å². The van der Waals surface area contributed by atoms with Crippen molar-refractivity contribution in [3.05, 3.63) is 143 Å². The number of carboxylic acids is 1. The largest absolute Gasteiger partial charge is 0.480 e. The van der Waals surface area contributed by atoms with Gasteiger partial charge in [-0.2, -0.15) is 0 Å². The third kappa shape index (κ3) is 5.94. The Labute approximate surface area is 237 Å². The van der Waals surface area contributed by atoms with Gasteiger partial charge in [0.2, 0.25) is 0 Å². The zero-order valence-electron chi connectivity index (χ0n) is 22.4. The van der Waals surface area contributed by atoms with E-state index in [2.05, 4.69) is 5.32 Å². The van der Waals surface area contributed by atoms with Gasteiger partial charge in [0.05, 0.1) is 12.0 Å². The molecule has 1 saturated heterocycles. The lowest BCUT2D eigenvalue weighted by molar-refractivity contribution is -0.141. The van der Waals surface area contributed by atoms with Crippen molar-refractivity contribution in [2.45, 2.75) is 24.9 Å². The van der Waals surface area contributed by atoms with Gasteiger partial charge in [-0.15, -0.1) is 0 Å². The Morgan fingerprint density at radius 2 is 1.51 bits per heavy atom. The molecule has 0 saturated carbocycles. The van der Waals surface area contributed by atoms with Crippen molar-refractivity contribution in [2.75, 3.05) is 5.32 Å². The first-order chi connectivity index (χ1) is 19.8. The first-order valence-corrected chi connectivity index (χ1v) is 13.3. The molecular formula is C34H29FN2O4. The van der Waals surface area contributed by atoms with Gasteiger partial charge in [-0.05, 0) is 48.4 Å². The Hall–Kier alpha value is -5.04. The quantitative estimate of drug-likeness (QED) is 0.249. The predicted molar refractivity (Wildman–Crippen MR) is 156 cm³/mol. The number of carbonyl (C=O) groups is 3. The molecule has 1 heterocycles. The monoisotopic (exact) mass is 548 g/mol. The van der Waals surface area contributed by atoms with Gasteiger partial charge in [0, 0.05) is 17.2 Å². The number of aryl methyl sites for hydroxylation is 1. The summed E-state index contributed by atoms with van der Waals surface area (Å²) in [6, 6.07) is 27.6. The summed E-state index contributed by atoms with van der Waals surface area (Å²) in [5, 5.41) is 13.4. The van der Waals surface area contributed by atoms with Crippen molar-refractivity contribution in [1.82, 2.24) is 4.90 Å². The summed E-state index contributed by atoms with van der Waals surface area (Å²) in [4.78, 5) is 42.4. The molecule has 0 aromatic heterocycles. The number of hydrogen-bond acceptors (Lipinski definition) is 3. The molecular weight excluding hydrogens is 519 g/mol. The zero-order chi connectivity index (χ0) is 28.9. The fraction of sp³-hybridized carbons (Fsp3) is 0.147. The molecule has 4 aromatic rings. The molecule has 1 aliphatic rings. The summed E-state index contributed by atoms with van der Waals surface area (Å²) >= 11 is 0. The Balaban J connectivity index is 1.69. The molecule has 0 bridgehead atoms. The topological polar surface area (TPSA) is 86.7 Å². The van der Waals surface area contributed by atoms with E-state index < -0.39 is 41.7 Å². The van der Waals surface area contributed by atoms with Crippen molar-refractivity contribution >= 4 is 29.5 Å². The van der Waals surface area contributed by atoms with Gasteiger partial charge < -0.3 is 15.3 Å². The molecule has 0 spiro atoms. The molecule has 1 aliphatic heterocycles. The number of carboxylic acid groups (broad SMARTS) is 1. The molecule has 2 N–H and O–H groups in total. The number of urea groups is 1. The minimum atomic E-state index is -1.41. The van der Waals surface area contributed by atoms with Crippen LogP contribution in [0.4, 0.5) is 14.9 Å². The highest BCUT2D eigenvalue weighted by molar-refractivity contribution is 6.02. The maximum absolute atomic E-state index is 14.3. The number of likely N-dealkylation sites (tertiary alicyclic amines) is 1. The molecule has 6 nitrogen and oxygen atoms in total. The molecule has 4 aromatic carbocycles. The number of rotatable bonds is 7. The zero-order valence-corrected chi connectivity index (χ0v) is 22.4. The van der Waals surface area contributed by atoms with Crippen molar-refractivity contribution in [3.63, 3.8) is 0 Å². The van der Waals surface area contributed by atoms with Crippen LogP contribution in [0, 0.1) is 18.7 Å². The van der Waals surface area contributed by atoms with Crippen LogP contribution in [-0.4, -0.2) is 39.9 Å². The van der Waals surface area contributed by atoms with Crippen molar-refractivity contribution in [2.24, 2.45) is 5.92 Å². The number of benzene rings is 4. The van der Waals surface area contributed by atoms with E-state index in [1.165, 1.54) is 29.2 Å². The van der Waals surface area contributed by atoms with Gasteiger partial charge in [0.1, 0.15) is 11.9 Å². The number of ketones is 1. The van der Waals surface area contributed by atoms with Crippen LogP contribution in [0.25, 0.3) is 6.08 Å². The number of nitrogens with one attached hydrogen (secondary N) is 1. The number of anilines is 1. The Kier molecular flexibility index (Phi) is 8.06. The number of Topliss-reactive ketones (excluding diaryl/α,β-unsaturated/α-hetero) is 1. The molecule has 5 rings (SSSR count). The van der Waals surface area contributed by atoms with E-state index >= 15 is 0 Å². The lowest BCUT2D eigenvalue weighted by Gasteiger charge is -2.28. The van der Waals surface area contributed by atoms with E-state index in [1.54, 1.807) is 60.7 Å². The maximum Gasteiger partial charge on any atom is 0.327 e. The summed E-state index contributed by atoms with van der Waals surface area (Å²) in [5.41, 5.74) is 3.05. The second-order valence-electron chi connectivity index (χ2n) is 10.1. The normalized spacial score (nSPS) is 20.2. The van der Waals surface area contributed by atoms with Crippen LogP contribution in [0.3, 0.4) is 0 Å². The van der Waals surface area contributed by atoms with Gasteiger partial charge in [0.25, 0.3) is 0 Å². The number of para-hydroxylation sites is 1. The summed E-state index contributed by atoms with van der Waals surface area (Å²) in [6.07, 6.45) is 3.51. The summed E-state index contributed by atoms with van der Waals surface area (Å²) < 4.78 is 14.0. The second kappa shape index (κ2) is 12.0. The van der Waals surface area contributed by atoms with Crippen LogP contribution in [0.2, 0.25) is 0 Å². The average Bonchev–Trinajstić information content (AvgIpc) is 3.32. The van der Waals surface area contributed by atoms with Gasteiger partial charge >= 0.3 is 12.0 Å². The van der Waals surface area contributed by atoms with Gasteiger partial charge in [-0.1, -0.05) is 96.6 Å². The summed E-state index contributed by atoms with van der Waals surface area (Å²) in [7, 11) is 0. The maximum atomic E-state index is 14.3. The molecule has 1 fully saturated rings. The third-order valence-corrected chi connectivity index (χ3v) is 7.37. The first-order valence-electron chi connectivity index (χ1n) is 13.3. The minimum Gasteiger partial charge on any atom is -0.480 e. The fourth-order valence-electron chi connectivity index (χ4n) is 5.55. The van der Waals surface area contributed by atoms with Crippen LogP contribution < -0.4 is 5.32 Å². The van der Waals surface area contributed by atoms with E-state index in [4.69, 9.17) is 0 Å². The minimum absolute atomic E-state index is 0.299. The average molecular weight is 549 g/mol. The number of aliphatic carboxylic acids is 1. The number of amides is 2. The lowest BCUT2D eigenvalue weighted by atomic mass is 9.77. The van der Waals surface area contributed by atoms with E-state index in [1.807, 2.05) is 43.3 Å². The van der Waals surface area contributed by atoms with E-state index in [9.17, 15) is 23.9 Å². The van der Waals surface area contributed by atoms with Crippen LogP contribution in [0.5, 0.6) is 0 Å². The second-order valence-corrected chi connectivity index (χ2v) is 10.1. The molecule has 4 unspecified atom stereocenters. The number of nitrogens with zero attached hydrogens (tertiary/aromatic N) is 1. The molecule has 206 valence electrons. The Morgan fingerprint density at radius 3 is 2.15 bits per heavy atom. The molecule has 2 amide bonds. The van der Waals surface area contributed by atoms with Gasteiger partial charge in [-0.25, -0.2) is 14.0 Å². The Bertz CT molecular complexity index is 1570. The van der Waals surface area contributed by atoms with Crippen LogP contribution in [0.15, 0.2) is 115 Å². The Morgan fingerprint density at radius 1 is 0.854 bits per heavy atom. The predicted octanol–water partition coefficient (Wildman–Crippen LogP) is 6.80. The highest BCUT2D eigenvalue weighted by atomic mass is 19.1. The van der Waals surface area contributed by atoms with E-state index in [0.717, 1.165) is 11.1 Å². The SMILES string of the molecule is Cc1cccc(C(=O)C2C(c3ccc(F)cc3)C(C(=O)O)N(C(=O)Nc3ccccc3)C2C=Cc2ccccc2)c1. The van der Waals surface area contributed by atoms with Crippen LogP contribution in [0.1, 0.15) is 33.0 Å². The third-order valence-electron chi connectivity index (χ3n) is 7.37. The van der Waals surface area contributed by atoms with Crippen LogP contribution in [-0.2, 0) is 4.79 Å². The highest BCUT2D eigenvalue weighted by Gasteiger charge is 2.56. The number of carbonyl (C=O) groups excluding carboxylic acids is 2. The molecule has 0 radical (unpaired) electrons. The van der Waals surface area contributed by atoms with Gasteiger partial charge in [-0.3, -0.25) is 4.79 Å². The number of hydrogen-bond donors (Lipinski definition) is 2. The van der Waals surface area contributed by atoms with Crippen molar-refractivity contribution in [3.8, 4) is 0 Å². The van der Waals surface area contributed by atoms with Crippen molar-refractivity contribution < 1.29 is 23.9 Å². The molecule has 7 heteroatoms. The number of halogens is 1. The smallest absolute Gasteiger partial charge is 0.327 e. The first kappa shape index (κ1) is 27.5. The molecule has 4 atom stereocenters. The summed E-state index contributed by atoms with van der Waals surface area (Å²) in [5.74, 6) is -3.97. The van der Waals surface area contributed by atoms with E-state index in [-0.39, 0.29) is 5.78 Å². The summed E-state index contributed by atoms with van der Waals surface area (Å²) in [6.45, 7) is 1.87. The standard InChI is InChI=1S/C34H29FN2O4/c1-22-9-8-12-25(21-22)32(38)30-28(20-15-23-10-4-2-5-11-23)37(34(41)36-27-13-6-3-7-14-27)31(33(39)40)29(30)24-16-18-26(35)19-17-24/h2-21,28-31H,1H3,(H,36,41)(H,39,40). The van der Waals surface area contributed by atoms with Gasteiger partial charge in [0.15, 0.2) is 5.78 Å². The lowest BCUT2D eigenvalue weighted by Crippen LogP contribution is -2.48. The molecule has 41 heavy (non-hydrogen) atoms. The highest BCUT2D eigenvalue weighted by Crippen LogP contribution is 2.45.